The van der Waals surface area contributed by atoms with Crippen molar-refractivity contribution in [1.29, 1.82) is 0 Å². The Morgan fingerprint density at radius 2 is 1.37 bits per heavy atom. The normalized spacial score (nSPS) is 11.6. The summed E-state index contributed by atoms with van der Waals surface area (Å²) in [6.45, 7) is 7.80. The van der Waals surface area contributed by atoms with Gasteiger partial charge in [0.2, 0.25) is 5.91 Å². The molecule has 1 N–H and O–H groups in total. The maximum Gasteiger partial charge on any atom is 0.219 e. The fraction of sp³-hybridized carbons (Fsp3) is 0.875. The predicted octanol–water partition coefficient (Wildman–Crippen LogP) is 6.96. The zero-order valence-corrected chi connectivity index (χ0v) is 18.6. The van der Waals surface area contributed by atoms with Gasteiger partial charge in [-0.05, 0) is 52.4 Å². The van der Waals surface area contributed by atoms with Crippen molar-refractivity contribution in [3.05, 3.63) is 12.2 Å². The van der Waals surface area contributed by atoms with Crippen molar-refractivity contribution in [3.8, 4) is 0 Å². The van der Waals surface area contributed by atoms with Crippen LogP contribution in [0.2, 0.25) is 0 Å². The maximum absolute atomic E-state index is 11.7. The number of ether oxygens (including phenoxy) is 1. The third-order valence-electron chi connectivity index (χ3n) is 4.76. The van der Waals surface area contributed by atoms with Crippen LogP contribution in [0.4, 0.5) is 0 Å². The van der Waals surface area contributed by atoms with E-state index in [0.717, 1.165) is 26.0 Å². The molecule has 27 heavy (non-hydrogen) atoms. The SMILES string of the molecule is CCCCCCCCC=CCCCCCCCC(=O)NCCCOC(C)C. The molecule has 0 aromatic rings. The minimum absolute atomic E-state index is 0.192. The van der Waals surface area contributed by atoms with Crippen molar-refractivity contribution in [2.75, 3.05) is 13.2 Å². The third kappa shape index (κ3) is 23.1. The Morgan fingerprint density at radius 1 is 0.815 bits per heavy atom. The summed E-state index contributed by atoms with van der Waals surface area (Å²) in [6.07, 6.45) is 23.4. The van der Waals surface area contributed by atoms with Crippen LogP contribution < -0.4 is 5.32 Å². The molecule has 0 aliphatic carbocycles. The van der Waals surface area contributed by atoms with Crippen molar-refractivity contribution in [2.45, 2.75) is 123 Å². The van der Waals surface area contributed by atoms with Gasteiger partial charge in [0.1, 0.15) is 0 Å². The monoisotopic (exact) mass is 381 g/mol. The molecule has 0 saturated carbocycles. The molecule has 0 spiro atoms. The van der Waals surface area contributed by atoms with Gasteiger partial charge in [-0.25, -0.2) is 0 Å². The van der Waals surface area contributed by atoms with Crippen LogP contribution in [0.3, 0.4) is 0 Å². The average Bonchev–Trinajstić information content (AvgIpc) is 2.64. The lowest BCUT2D eigenvalue weighted by atomic mass is 10.1. The molecule has 0 fully saturated rings. The highest BCUT2D eigenvalue weighted by atomic mass is 16.5. The summed E-state index contributed by atoms with van der Waals surface area (Å²) in [4.78, 5) is 11.7. The summed E-state index contributed by atoms with van der Waals surface area (Å²) < 4.78 is 5.46. The lowest BCUT2D eigenvalue weighted by Gasteiger charge is -2.08. The molecule has 0 aromatic carbocycles. The molecule has 0 rings (SSSR count). The summed E-state index contributed by atoms with van der Waals surface area (Å²) >= 11 is 0. The van der Waals surface area contributed by atoms with Gasteiger partial charge in [-0.15, -0.1) is 0 Å². The summed E-state index contributed by atoms with van der Waals surface area (Å²) in [5, 5.41) is 2.98. The van der Waals surface area contributed by atoms with Gasteiger partial charge in [0.05, 0.1) is 6.10 Å². The van der Waals surface area contributed by atoms with E-state index in [2.05, 4.69) is 24.4 Å². The molecule has 1 amide bonds. The minimum Gasteiger partial charge on any atom is -0.379 e. The Balaban J connectivity index is 3.21. The van der Waals surface area contributed by atoms with E-state index >= 15 is 0 Å². The molecule has 0 atom stereocenters. The highest BCUT2D eigenvalue weighted by Crippen LogP contribution is 2.09. The molecule has 0 saturated heterocycles. The highest BCUT2D eigenvalue weighted by molar-refractivity contribution is 5.75. The first-order chi connectivity index (χ1) is 13.2. The Bertz CT molecular complexity index is 339. The molecule has 0 bridgehead atoms. The summed E-state index contributed by atoms with van der Waals surface area (Å²) in [6, 6.07) is 0. The molecule has 0 heterocycles. The van der Waals surface area contributed by atoms with Crippen LogP contribution in [-0.2, 0) is 9.53 Å². The second kappa shape index (κ2) is 21.5. The van der Waals surface area contributed by atoms with E-state index in [4.69, 9.17) is 4.74 Å². The van der Waals surface area contributed by atoms with E-state index < -0.39 is 0 Å². The second-order valence-corrected chi connectivity index (χ2v) is 7.96. The van der Waals surface area contributed by atoms with Crippen LogP contribution >= 0.6 is 0 Å². The number of hydrogen-bond donors (Lipinski definition) is 1. The van der Waals surface area contributed by atoms with Crippen LogP contribution in [0.1, 0.15) is 117 Å². The Kier molecular flexibility index (Phi) is 20.8. The summed E-state index contributed by atoms with van der Waals surface area (Å²) in [7, 11) is 0. The molecule has 160 valence electrons. The number of hydrogen-bond acceptors (Lipinski definition) is 2. The lowest BCUT2D eigenvalue weighted by Crippen LogP contribution is -2.25. The fourth-order valence-electron chi connectivity index (χ4n) is 3.06. The van der Waals surface area contributed by atoms with E-state index in [1.807, 2.05) is 13.8 Å². The number of carbonyl (C=O) groups excluding carboxylic acids is 1. The molecule has 0 aliphatic rings. The topological polar surface area (TPSA) is 38.3 Å². The van der Waals surface area contributed by atoms with Crippen LogP contribution in [0, 0.1) is 0 Å². The van der Waals surface area contributed by atoms with Crippen molar-refractivity contribution < 1.29 is 9.53 Å². The van der Waals surface area contributed by atoms with Gasteiger partial charge < -0.3 is 10.1 Å². The molecule has 0 unspecified atom stereocenters. The van der Waals surface area contributed by atoms with Gasteiger partial charge in [0.15, 0.2) is 0 Å². The Labute approximate surface area is 169 Å². The third-order valence-corrected chi connectivity index (χ3v) is 4.76. The fourth-order valence-corrected chi connectivity index (χ4v) is 3.06. The van der Waals surface area contributed by atoms with Crippen LogP contribution in [0.15, 0.2) is 12.2 Å². The molecule has 3 heteroatoms. The minimum atomic E-state index is 0.192. The maximum atomic E-state index is 11.7. The van der Waals surface area contributed by atoms with Gasteiger partial charge in [-0.2, -0.15) is 0 Å². The molecular weight excluding hydrogens is 334 g/mol. The average molecular weight is 382 g/mol. The van der Waals surface area contributed by atoms with E-state index in [9.17, 15) is 4.79 Å². The Hall–Kier alpha value is -0.830. The van der Waals surface area contributed by atoms with Crippen molar-refractivity contribution >= 4 is 5.91 Å². The summed E-state index contributed by atoms with van der Waals surface area (Å²) in [5.41, 5.74) is 0. The summed E-state index contributed by atoms with van der Waals surface area (Å²) in [5.74, 6) is 0.192. The zero-order chi connectivity index (χ0) is 20.0. The predicted molar refractivity (Wildman–Crippen MR) is 118 cm³/mol. The van der Waals surface area contributed by atoms with Gasteiger partial charge in [0.25, 0.3) is 0 Å². The van der Waals surface area contributed by atoms with Crippen LogP contribution in [-0.4, -0.2) is 25.2 Å². The number of nitrogens with one attached hydrogen (secondary N) is 1. The first-order valence-electron chi connectivity index (χ1n) is 11.7. The van der Waals surface area contributed by atoms with Crippen molar-refractivity contribution in [2.24, 2.45) is 0 Å². The van der Waals surface area contributed by atoms with E-state index in [1.54, 1.807) is 0 Å². The van der Waals surface area contributed by atoms with E-state index in [0.29, 0.717) is 6.42 Å². The van der Waals surface area contributed by atoms with E-state index in [1.165, 1.54) is 77.0 Å². The largest absolute Gasteiger partial charge is 0.379 e. The number of unbranched alkanes of at least 4 members (excludes halogenated alkanes) is 11. The van der Waals surface area contributed by atoms with E-state index in [-0.39, 0.29) is 12.0 Å². The van der Waals surface area contributed by atoms with Crippen molar-refractivity contribution in [3.63, 3.8) is 0 Å². The molecule has 0 aliphatic heterocycles. The van der Waals surface area contributed by atoms with Gasteiger partial charge in [-0.3, -0.25) is 4.79 Å². The molecule has 3 nitrogen and oxygen atoms in total. The molecule has 0 radical (unpaired) electrons. The molecular formula is C24H47NO2. The van der Waals surface area contributed by atoms with Crippen molar-refractivity contribution in [1.82, 2.24) is 5.32 Å². The first-order valence-corrected chi connectivity index (χ1v) is 11.7. The van der Waals surface area contributed by atoms with Gasteiger partial charge >= 0.3 is 0 Å². The molecule has 0 aromatic heterocycles. The standard InChI is InChI=1S/C24H47NO2/c1-4-5-6-7-8-9-10-11-12-13-14-15-16-17-18-20-24(26)25-21-19-22-27-23(2)3/h11-12,23H,4-10,13-22H2,1-3H3,(H,25,26). The van der Waals surface area contributed by atoms with Gasteiger partial charge in [0, 0.05) is 19.6 Å². The van der Waals surface area contributed by atoms with Gasteiger partial charge in [-0.1, -0.05) is 70.4 Å². The lowest BCUT2D eigenvalue weighted by molar-refractivity contribution is -0.121. The first kappa shape index (κ1) is 26.2. The number of rotatable bonds is 20. The highest BCUT2D eigenvalue weighted by Gasteiger charge is 2.00. The van der Waals surface area contributed by atoms with Crippen LogP contribution in [0.25, 0.3) is 0 Å². The quantitative estimate of drug-likeness (QED) is 0.183. The number of amides is 1. The Morgan fingerprint density at radius 3 is 1.96 bits per heavy atom. The smallest absolute Gasteiger partial charge is 0.219 e. The zero-order valence-electron chi connectivity index (χ0n) is 18.6. The van der Waals surface area contributed by atoms with Crippen LogP contribution in [0.5, 0.6) is 0 Å². The number of allylic oxidation sites excluding steroid dienone is 2. The second-order valence-electron chi connectivity index (χ2n) is 7.96. The number of carbonyl (C=O) groups is 1.